The molecule has 1 unspecified atom stereocenters. The van der Waals surface area contributed by atoms with Crippen LogP contribution in [0.25, 0.3) is 10.4 Å². The van der Waals surface area contributed by atoms with Crippen LogP contribution in [0.1, 0.15) is 11.1 Å². The number of rotatable bonds is 6. The van der Waals surface area contributed by atoms with Gasteiger partial charge >= 0.3 is 0 Å². The lowest BCUT2D eigenvalue weighted by Gasteiger charge is -2.28. The van der Waals surface area contributed by atoms with Gasteiger partial charge in [-0.1, -0.05) is 30.3 Å². The number of sulfone groups is 1. The molecular weight excluding hydrogens is 404 g/mol. The Labute approximate surface area is 174 Å². The second-order valence-corrected chi connectivity index (χ2v) is 9.83. The summed E-state index contributed by atoms with van der Waals surface area (Å²) in [7, 11) is -3.26. The van der Waals surface area contributed by atoms with Gasteiger partial charge in [-0.05, 0) is 46.3 Å². The fraction of sp³-hybridized carbons (Fsp3) is 0.182. The van der Waals surface area contributed by atoms with Crippen molar-refractivity contribution in [2.45, 2.75) is 19.0 Å². The molecule has 1 aliphatic heterocycles. The average Bonchev–Trinajstić information content (AvgIpc) is 3.37. The van der Waals surface area contributed by atoms with Gasteiger partial charge in [0.15, 0.2) is 9.84 Å². The SMILES string of the molecule is O=C(Cc1ccc(-c2cccs2)cc1)N(Cc1ccncc1)C1C=CS(=O)(=O)C1. The molecule has 0 saturated heterocycles. The Morgan fingerprint density at radius 3 is 2.45 bits per heavy atom. The Morgan fingerprint density at radius 2 is 1.83 bits per heavy atom. The summed E-state index contributed by atoms with van der Waals surface area (Å²) >= 11 is 1.67. The number of thiophene rings is 1. The number of aromatic nitrogens is 1. The monoisotopic (exact) mass is 424 g/mol. The van der Waals surface area contributed by atoms with E-state index >= 15 is 0 Å². The van der Waals surface area contributed by atoms with Crippen molar-refractivity contribution >= 4 is 27.1 Å². The fourth-order valence-electron chi connectivity index (χ4n) is 3.33. The summed E-state index contributed by atoms with van der Waals surface area (Å²) in [6.07, 6.45) is 5.17. The van der Waals surface area contributed by atoms with Gasteiger partial charge in [0.1, 0.15) is 0 Å². The lowest BCUT2D eigenvalue weighted by molar-refractivity contribution is -0.132. The average molecular weight is 425 g/mol. The van der Waals surface area contributed by atoms with Crippen LogP contribution in [-0.2, 0) is 27.6 Å². The molecule has 7 heteroatoms. The van der Waals surface area contributed by atoms with Gasteiger partial charge in [-0.3, -0.25) is 9.78 Å². The molecule has 0 spiro atoms. The minimum Gasteiger partial charge on any atom is -0.331 e. The largest absolute Gasteiger partial charge is 0.331 e. The van der Waals surface area contributed by atoms with Gasteiger partial charge < -0.3 is 4.90 Å². The van der Waals surface area contributed by atoms with Gasteiger partial charge in [0.2, 0.25) is 5.91 Å². The molecule has 148 valence electrons. The van der Waals surface area contributed by atoms with Gasteiger partial charge in [-0.25, -0.2) is 8.42 Å². The van der Waals surface area contributed by atoms with Crippen LogP contribution in [-0.4, -0.2) is 36.0 Å². The highest BCUT2D eigenvalue weighted by Crippen LogP contribution is 2.25. The van der Waals surface area contributed by atoms with Gasteiger partial charge in [0, 0.05) is 29.2 Å². The van der Waals surface area contributed by atoms with Crippen LogP contribution in [0.4, 0.5) is 0 Å². The van der Waals surface area contributed by atoms with Gasteiger partial charge in [0.05, 0.1) is 18.2 Å². The Kier molecular flexibility index (Phi) is 5.60. The Bertz CT molecular complexity index is 1110. The van der Waals surface area contributed by atoms with Gasteiger partial charge in [0.25, 0.3) is 0 Å². The molecule has 1 aliphatic rings. The van der Waals surface area contributed by atoms with E-state index in [4.69, 9.17) is 0 Å². The highest BCUT2D eigenvalue weighted by atomic mass is 32.2. The van der Waals surface area contributed by atoms with E-state index in [2.05, 4.69) is 11.1 Å². The van der Waals surface area contributed by atoms with Crippen molar-refractivity contribution in [2.24, 2.45) is 0 Å². The number of pyridine rings is 1. The third-order valence-electron chi connectivity index (χ3n) is 4.85. The molecule has 0 fully saturated rings. The third-order valence-corrected chi connectivity index (χ3v) is 7.15. The van der Waals surface area contributed by atoms with Crippen molar-refractivity contribution in [1.29, 1.82) is 0 Å². The fourth-order valence-corrected chi connectivity index (χ4v) is 5.37. The van der Waals surface area contributed by atoms with Crippen molar-refractivity contribution in [3.8, 4) is 10.4 Å². The molecular formula is C22H20N2O3S2. The van der Waals surface area contributed by atoms with Crippen molar-refractivity contribution in [3.05, 3.63) is 88.9 Å². The zero-order valence-electron chi connectivity index (χ0n) is 15.6. The number of benzene rings is 1. The van der Waals surface area contributed by atoms with Crippen molar-refractivity contribution in [2.75, 3.05) is 5.75 Å². The van der Waals surface area contributed by atoms with E-state index < -0.39 is 15.9 Å². The van der Waals surface area contributed by atoms with E-state index in [9.17, 15) is 13.2 Å². The van der Waals surface area contributed by atoms with Crippen LogP contribution in [0, 0.1) is 0 Å². The molecule has 5 nitrogen and oxygen atoms in total. The van der Waals surface area contributed by atoms with Crippen LogP contribution < -0.4 is 0 Å². The second-order valence-electron chi connectivity index (χ2n) is 6.95. The summed E-state index contributed by atoms with van der Waals surface area (Å²) in [6, 6.07) is 15.2. The lowest BCUT2D eigenvalue weighted by Crippen LogP contribution is -2.41. The molecule has 0 bridgehead atoms. The summed E-state index contributed by atoms with van der Waals surface area (Å²) in [5.74, 6) is -0.168. The van der Waals surface area contributed by atoms with E-state index in [1.54, 1.807) is 34.7 Å². The van der Waals surface area contributed by atoms with Crippen molar-refractivity contribution in [3.63, 3.8) is 0 Å². The standard InChI is InChI=1S/C22H20N2O3S2/c25-22(14-17-3-5-19(6-4-17)21-2-1-12-28-21)24(15-18-7-10-23-11-8-18)20-9-13-29(26,27)16-20/h1-13,20H,14-16H2. The van der Waals surface area contributed by atoms with Crippen LogP contribution in [0.5, 0.6) is 0 Å². The van der Waals surface area contributed by atoms with E-state index in [1.165, 1.54) is 10.3 Å². The molecule has 1 atom stereocenters. The van der Waals surface area contributed by atoms with Crippen LogP contribution in [0.15, 0.2) is 77.8 Å². The van der Waals surface area contributed by atoms with Crippen LogP contribution in [0.2, 0.25) is 0 Å². The molecule has 4 rings (SSSR count). The minimum atomic E-state index is -3.26. The molecule has 0 aliphatic carbocycles. The Morgan fingerprint density at radius 1 is 1.07 bits per heavy atom. The van der Waals surface area contributed by atoms with E-state index in [-0.39, 0.29) is 18.1 Å². The summed E-state index contributed by atoms with van der Waals surface area (Å²) in [5, 5.41) is 3.24. The van der Waals surface area contributed by atoms with E-state index in [0.29, 0.717) is 6.54 Å². The summed E-state index contributed by atoms with van der Waals surface area (Å²) in [4.78, 5) is 19.9. The first-order valence-corrected chi connectivity index (χ1v) is 11.8. The maximum Gasteiger partial charge on any atom is 0.227 e. The molecule has 3 heterocycles. The van der Waals surface area contributed by atoms with Crippen LogP contribution in [0.3, 0.4) is 0 Å². The predicted molar refractivity (Wildman–Crippen MR) is 115 cm³/mol. The summed E-state index contributed by atoms with van der Waals surface area (Å²) < 4.78 is 23.8. The number of hydrogen-bond acceptors (Lipinski definition) is 5. The Balaban J connectivity index is 1.52. The maximum atomic E-state index is 13.1. The Hall–Kier alpha value is -2.77. The number of hydrogen-bond donors (Lipinski definition) is 0. The van der Waals surface area contributed by atoms with Crippen molar-refractivity contribution in [1.82, 2.24) is 9.88 Å². The van der Waals surface area contributed by atoms with Crippen LogP contribution >= 0.6 is 11.3 Å². The molecule has 29 heavy (non-hydrogen) atoms. The minimum absolute atomic E-state index is 0.0683. The predicted octanol–water partition coefficient (Wildman–Crippen LogP) is 3.69. The molecule has 1 aromatic carbocycles. The first-order chi connectivity index (χ1) is 14.0. The number of carbonyl (C=O) groups excluding carboxylic acids is 1. The topological polar surface area (TPSA) is 67.3 Å². The smallest absolute Gasteiger partial charge is 0.227 e. The highest BCUT2D eigenvalue weighted by Gasteiger charge is 2.30. The quantitative estimate of drug-likeness (QED) is 0.605. The van der Waals surface area contributed by atoms with Gasteiger partial charge in [-0.15, -0.1) is 11.3 Å². The zero-order valence-corrected chi connectivity index (χ0v) is 17.3. The molecule has 0 N–H and O–H groups in total. The number of carbonyl (C=O) groups is 1. The molecule has 1 amide bonds. The highest BCUT2D eigenvalue weighted by molar-refractivity contribution is 7.94. The number of amides is 1. The third kappa shape index (κ3) is 4.81. The summed E-state index contributed by atoms with van der Waals surface area (Å²) in [6.45, 7) is 0.346. The molecule has 2 aromatic heterocycles. The zero-order chi connectivity index (χ0) is 20.3. The molecule has 3 aromatic rings. The number of nitrogens with zero attached hydrogens (tertiary/aromatic N) is 2. The molecule has 0 saturated carbocycles. The van der Waals surface area contributed by atoms with E-state index in [0.717, 1.165) is 16.7 Å². The first kappa shape index (κ1) is 19.5. The lowest BCUT2D eigenvalue weighted by atomic mass is 10.1. The van der Waals surface area contributed by atoms with E-state index in [1.807, 2.05) is 47.8 Å². The van der Waals surface area contributed by atoms with Gasteiger partial charge in [-0.2, -0.15) is 0 Å². The van der Waals surface area contributed by atoms with Crippen molar-refractivity contribution < 1.29 is 13.2 Å². The maximum absolute atomic E-state index is 13.1. The first-order valence-electron chi connectivity index (χ1n) is 9.22. The normalized spacial score (nSPS) is 17.3. The summed E-state index contributed by atoms with van der Waals surface area (Å²) in [5.41, 5.74) is 2.94. The molecule has 0 radical (unpaired) electrons. The second kappa shape index (κ2) is 8.31.